The summed E-state index contributed by atoms with van der Waals surface area (Å²) in [4.78, 5) is 10.3. The number of para-hydroxylation sites is 1. The second-order valence-corrected chi connectivity index (χ2v) is 6.61. The van der Waals surface area contributed by atoms with Crippen LogP contribution in [0.3, 0.4) is 0 Å². The molecule has 0 atom stereocenters. The zero-order valence-corrected chi connectivity index (χ0v) is 15.8. The molecule has 0 unspecified atom stereocenters. The topological polar surface area (TPSA) is 72.5 Å². The number of aromatic nitrogens is 1. The van der Waals surface area contributed by atoms with Gasteiger partial charge in [-0.05, 0) is 24.6 Å². The normalized spacial score (nSPS) is 11.3. The van der Waals surface area contributed by atoms with Crippen molar-refractivity contribution in [3.63, 3.8) is 0 Å². The lowest BCUT2D eigenvalue weighted by Crippen LogP contribution is -1.98. The summed E-state index contributed by atoms with van der Waals surface area (Å²) in [5, 5.41) is 16.7. The van der Waals surface area contributed by atoms with E-state index < -0.39 is 4.92 Å². The van der Waals surface area contributed by atoms with Crippen LogP contribution < -0.4 is 5.43 Å². The Hall–Kier alpha value is -2.86. The molecule has 1 heterocycles. The fourth-order valence-corrected chi connectivity index (χ4v) is 3.32. The molecule has 0 spiro atoms. The number of hydrazone groups is 1. The van der Waals surface area contributed by atoms with E-state index in [0.717, 1.165) is 42.3 Å². The van der Waals surface area contributed by atoms with Crippen molar-refractivity contribution < 1.29 is 4.92 Å². The molecule has 6 nitrogen and oxygen atoms in total. The number of aryl methyl sites for hydroxylation is 1. The fourth-order valence-electron chi connectivity index (χ4n) is 2.99. The molecule has 2 aromatic carbocycles. The van der Waals surface area contributed by atoms with E-state index in [0.29, 0.717) is 10.8 Å². The highest BCUT2D eigenvalue weighted by Crippen LogP contribution is 2.29. The Morgan fingerprint density at radius 2 is 1.93 bits per heavy atom. The first-order valence-electron chi connectivity index (χ1n) is 8.92. The minimum atomic E-state index is -0.430. The summed E-state index contributed by atoms with van der Waals surface area (Å²) in [6, 6.07) is 14.2. The minimum Gasteiger partial charge on any atom is -0.331 e. The second-order valence-electron chi connectivity index (χ2n) is 6.25. The van der Waals surface area contributed by atoms with Crippen LogP contribution in [0.4, 0.5) is 11.4 Å². The number of hydrogen-bond acceptors (Lipinski definition) is 4. The number of rotatable bonds is 8. The number of non-ortho nitro benzene ring substituents is 1. The number of halogens is 1. The zero-order chi connectivity index (χ0) is 19.2. The van der Waals surface area contributed by atoms with Crippen LogP contribution >= 0.6 is 11.6 Å². The Morgan fingerprint density at radius 3 is 2.63 bits per heavy atom. The largest absolute Gasteiger partial charge is 0.331 e. The first kappa shape index (κ1) is 18.9. The third kappa shape index (κ3) is 4.28. The third-order valence-corrected chi connectivity index (χ3v) is 4.80. The lowest BCUT2D eigenvalue weighted by molar-refractivity contribution is -0.384. The van der Waals surface area contributed by atoms with Crippen LogP contribution in [-0.2, 0) is 6.54 Å². The van der Waals surface area contributed by atoms with Crippen molar-refractivity contribution in [2.24, 2.45) is 5.10 Å². The second kappa shape index (κ2) is 8.68. The zero-order valence-electron chi connectivity index (χ0n) is 15.1. The van der Waals surface area contributed by atoms with Gasteiger partial charge in [-0.2, -0.15) is 5.10 Å². The SMILES string of the molecule is CCCCCn1c(Cl)c(/C=N\Nc2ccc([N+](=O)[O-])cc2)c2ccccc21. The number of benzene rings is 2. The Bertz CT molecular complexity index is 964. The van der Waals surface area contributed by atoms with Crippen LogP contribution in [0.1, 0.15) is 31.7 Å². The number of nitro groups is 1. The Morgan fingerprint density at radius 1 is 1.19 bits per heavy atom. The van der Waals surface area contributed by atoms with E-state index in [9.17, 15) is 10.1 Å². The molecule has 0 bridgehead atoms. The molecule has 7 heteroatoms. The lowest BCUT2D eigenvalue weighted by Gasteiger charge is -2.06. The highest BCUT2D eigenvalue weighted by atomic mass is 35.5. The van der Waals surface area contributed by atoms with Gasteiger partial charge in [-0.15, -0.1) is 0 Å². The molecular formula is C20H21ClN4O2. The van der Waals surface area contributed by atoms with Gasteiger partial charge in [0.15, 0.2) is 0 Å². The summed E-state index contributed by atoms with van der Waals surface area (Å²) in [6.45, 7) is 3.05. The maximum Gasteiger partial charge on any atom is 0.269 e. The van der Waals surface area contributed by atoms with Gasteiger partial charge in [0, 0.05) is 35.1 Å². The van der Waals surface area contributed by atoms with Gasteiger partial charge in [0.25, 0.3) is 5.69 Å². The summed E-state index contributed by atoms with van der Waals surface area (Å²) in [5.74, 6) is 0. The number of unbranched alkanes of at least 4 members (excludes halogenated alkanes) is 2. The number of hydrogen-bond donors (Lipinski definition) is 1. The van der Waals surface area contributed by atoms with Crippen LogP contribution in [0.2, 0.25) is 5.15 Å². The maximum atomic E-state index is 10.7. The maximum absolute atomic E-state index is 10.7. The number of nitrogens with one attached hydrogen (secondary N) is 1. The lowest BCUT2D eigenvalue weighted by atomic mass is 10.2. The highest BCUT2D eigenvalue weighted by Gasteiger charge is 2.13. The fraction of sp³-hybridized carbons (Fsp3) is 0.250. The average Bonchev–Trinajstić information content (AvgIpc) is 2.94. The van der Waals surface area contributed by atoms with Gasteiger partial charge >= 0.3 is 0 Å². The van der Waals surface area contributed by atoms with Crippen molar-refractivity contribution in [3.05, 3.63) is 69.4 Å². The third-order valence-electron chi connectivity index (χ3n) is 4.39. The molecule has 0 radical (unpaired) electrons. The van der Waals surface area contributed by atoms with Crippen molar-refractivity contribution in [3.8, 4) is 0 Å². The Kier molecular flexibility index (Phi) is 6.08. The van der Waals surface area contributed by atoms with Gasteiger partial charge in [0.2, 0.25) is 0 Å². The van der Waals surface area contributed by atoms with Gasteiger partial charge in [0.1, 0.15) is 5.15 Å². The van der Waals surface area contributed by atoms with Crippen molar-refractivity contribution in [2.45, 2.75) is 32.7 Å². The summed E-state index contributed by atoms with van der Waals surface area (Å²) in [7, 11) is 0. The molecule has 3 aromatic rings. The molecule has 0 amide bonds. The van der Waals surface area contributed by atoms with Gasteiger partial charge < -0.3 is 4.57 Å². The van der Waals surface area contributed by atoms with E-state index in [4.69, 9.17) is 11.6 Å². The Balaban J connectivity index is 1.82. The van der Waals surface area contributed by atoms with Crippen LogP contribution in [0, 0.1) is 10.1 Å². The summed E-state index contributed by atoms with van der Waals surface area (Å²) in [5.41, 5.74) is 5.55. The molecule has 0 fully saturated rings. The minimum absolute atomic E-state index is 0.0442. The highest BCUT2D eigenvalue weighted by molar-refractivity contribution is 6.34. The molecule has 140 valence electrons. The van der Waals surface area contributed by atoms with Crippen molar-refractivity contribution in [1.29, 1.82) is 0 Å². The molecule has 1 N–H and O–H groups in total. The van der Waals surface area contributed by atoms with E-state index >= 15 is 0 Å². The van der Waals surface area contributed by atoms with Gasteiger partial charge in [-0.1, -0.05) is 49.6 Å². The quantitative estimate of drug-likeness (QED) is 0.229. The molecule has 0 saturated heterocycles. The smallest absolute Gasteiger partial charge is 0.269 e. The number of nitro benzene ring substituents is 1. The molecule has 0 aliphatic carbocycles. The van der Waals surface area contributed by atoms with Gasteiger partial charge in [-0.25, -0.2) is 0 Å². The van der Waals surface area contributed by atoms with Crippen molar-refractivity contribution in [1.82, 2.24) is 4.57 Å². The van der Waals surface area contributed by atoms with Crippen LogP contribution in [0.25, 0.3) is 10.9 Å². The summed E-state index contributed by atoms with van der Waals surface area (Å²) < 4.78 is 2.12. The predicted molar refractivity (Wildman–Crippen MR) is 111 cm³/mol. The number of anilines is 1. The van der Waals surface area contributed by atoms with Crippen molar-refractivity contribution >= 4 is 40.1 Å². The first-order chi connectivity index (χ1) is 13.1. The summed E-state index contributed by atoms with van der Waals surface area (Å²) in [6.07, 6.45) is 5.09. The number of fused-ring (bicyclic) bond motifs is 1. The molecule has 0 aliphatic rings. The molecule has 1 aromatic heterocycles. The van der Waals surface area contributed by atoms with Gasteiger partial charge in [-0.3, -0.25) is 15.5 Å². The van der Waals surface area contributed by atoms with Gasteiger partial charge in [0.05, 0.1) is 16.8 Å². The van der Waals surface area contributed by atoms with Crippen molar-refractivity contribution in [2.75, 3.05) is 5.43 Å². The molecule has 0 aliphatic heterocycles. The van der Waals surface area contributed by atoms with E-state index in [2.05, 4.69) is 28.1 Å². The van der Waals surface area contributed by atoms with E-state index in [1.54, 1.807) is 18.3 Å². The monoisotopic (exact) mass is 384 g/mol. The van der Waals surface area contributed by atoms with Crippen LogP contribution in [0.15, 0.2) is 53.6 Å². The summed E-state index contributed by atoms with van der Waals surface area (Å²) >= 11 is 6.64. The van der Waals surface area contributed by atoms with Crippen LogP contribution in [-0.4, -0.2) is 15.7 Å². The van der Waals surface area contributed by atoms with Crippen LogP contribution in [0.5, 0.6) is 0 Å². The van der Waals surface area contributed by atoms with E-state index in [1.165, 1.54) is 12.1 Å². The standard InChI is InChI=1S/C20H21ClN4O2/c1-2-3-6-13-24-19-8-5-4-7-17(19)18(20(24)21)14-22-23-15-9-11-16(12-10-15)25(26)27/h4-5,7-12,14,23H,2-3,6,13H2,1H3/b22-14-. The average molecular weight is 385 g/mol. The first-order valence-corrected chi connectivity index (χ1v) is 9.30. The predicted octanol–water partition coefficient (Wildman–Crippen LogP) is 5.84. The molecule has 27 heavy (non-hydrogen) atoms. The molecule has 0 saturated carbocycles. The number of nitrogens with zero attached hydrogens (tertiary/aromatic N) is 3. The Labute approximate surface area is 162 Å². The molecule has 3 rings (SSSR count). The van der Waals surface area contributed by atoms with E-state index in [-0.39, 0.29) is 5.69 Å². The molecular weight excluding hydrogens is 364 g/mol. The van der Waals surface area contributed by atoms with E-state index in [1.807, 2.05) is 18.2 Å².